The maximum atomic E-state index is 12.3. The summed E-state index contributed by atoms with van der Waals surface area (Å²) in [5, 5.41) is 0. The van der Waals surface area contributed by atoms with E-state index in [-0.39, 0.29) is 30.7 Å². The molecule has 21 heavy (non-hydrogen) atoms. The molecule has 0 radical (unpaired) electrons. The molecule has 0 unspecified atom stereocenters. The van der Waals surface area contributed by atoms with Gasteiger partial charge in [-0.15, -0.1) is 24.8 Å². The molecule has 0 saturated carbocycles. The second-order valence-corrected chi connectivity index (χ2v) is 6.31. The largest absolute Gasteiger partial charge is 0.342 e. The minimum Gasteiger partial charge on any atom is -0.342 e. The lowest BCUT2D eigenvalue weighted by atomic mass is 9.89. The molecule has 1 rings (SSSR count). The summed E-state index contributed by atoms with van der Waals surface area (Å²) in [6.07, 6.45) is 2.26. The van der Waals surface area contributed by atoms with Crippen molar-refractivity contribution >= 4 is 30.7 Å². The van der Waals surface area contributed by atoms with Crippen molar-refractivity contribution in [2.75, 3.05) is 39.3 Å². The van der Waals surface area contributed by atoms with Crippen LogP contribution < -0.4 is 5.73 Å². The van der Waals surface area contributed by atoms with E-state index in [0.717, 1.165) is 44.9 Å². The van der Waals surface area contributed by atoms with E-state index in [9.17, 15) is 4.79 Å². The number of halogens is 2. The Kier molecular flexibility index (Phi) is 11.8. The van der Waals surface area contributed by atoms with Crippen LogP contribution in [0.2, 0.25) is 0 Å². The highest BCUT2D eigenvalue weighted by molar-refractivity contribution is 5.85. The monoisotopic (exact) mass is 341 g/mol. The first-order valence-corrected chi connectivity index (χ1v) is 7.66. The highest BCUT2D eigenvalue weighted by atomic mass is 35.5. The number of rotatable bonds is 6. The Balaban J connectivity index is 0. The van der Waals surface area contributed by atoms with Gasteiger partial charge in [0.1, 0.15) is 0 Å². The Morgan fingerprint density at radius 3 is 2.05 bits per heavy atom. The molecule has 128 valence electrons. The van der Waals surface area contributed by atoms with Crippen molar-refractivity contribution in [3.8, 4) is 0 Å². The van der Waals surface area contributed by atoms with Crippen LogP contribution in [0, 0.1) is 11.3 Å². The normalized spacial score (nSPS) is 16.4. The summed E-state index contributed by atoms with van der Waals surface area (Å²) >= 11 is 0. The first-order valence-electron chi connectivity index (χ1n) is 7.66. The van der Waals surface area contributed by atoms with Crippen LogP contribution >= 0.6 is 24.8 Å². The summed E-state index contributed by atoms with van der Waals surface area (Å²) in [5.41, 5.74) is 5.28. The molecule has 1 amide bonds. The van der Waals surface area contributed by atoms with Crippen LogP contribution in [0.15, 0.2) is 0 Å². The zero-order valence-corrected chi connectivity index (χ0v) is 15.6. The van der Waals surface area contributed by atoms with Crippen LogP contribution in [-0.4, -0.2) is 55.0 Å². The summed E-state index contributed by atoms with van der Waals surface area (Å²) in [6, 6.07) is 0. The number of hydrogen-bond donors (Lipinski definition) is 1. The molecule has 4 nitrogen and oxygen atoms in total. The number of carbonyl (C=O) groups is 1. The van der Waals surface area contributed by atoms with Crippen LogP contribution in [0.4, 0.5) is 0 Å². The van der Waals surface area contributed by atoms with Crippen molar-refractivity contribution in [2.45, 2.75) is 40.5 Å². The lowest BCUT2D eigenvalue weighted by molar-refractivity contribution is -0.141. The van der Waals surface area contributed by atoms with Gasteiger partial charge in [0.2, 0.25) is 5.91 Å². The first kappa shape index (κ1) is 23.2. The number of hydrogen-bond acceptors (Lipinski definition) is 3. The standard InChI is InChI=1S/C15H31N3O.2ClH/c1-5-17(6-2)11-13-7-9-18(10-8-13)14(19)15(3,4)12-16;;/h13H,5-12,16H2,1-4H3;2*1H. The average Bonchev–Trinajstić information content (AvgIpc) is 2.44. The van der Waals surface area contributed by atoms with E-state index in [2.05, 4.69) is 18.7 Å². The van der Waals surface area contributed by atoms with Gasteiger partial charge in [0, 0.05) is 26.2 Å². The first-order chi connectivity index (χ1) is 8.94. The lowest BCUT2D eigenvalue weighted by Gasteiger charge is -2.37. The van der Waals surface area contributed by atoms with Crippen LogP contribution in [-0.2, 0) is 4.79 Å². The Bertz CT molecular complexity index is 289. The van der Waals surface area contributed by atoms with Crippen LogP contribution in [0.5, 0.6) is 0 Å². The molecule has 0 aromatic heterocycles. The molecule has 1 saturated heterocycles. The van der Waals surface area contributed by atoms with E-state index in [0.29, 0.717) is 6.54 Å². The maximum absolute atomic E-state index is 12.3. The van der Waals surface area contributed by atoms with E-state index in [1.165, 1.54) is 6.54 Å². The van der Waals surface area contributed by atoms with Crippen molar-refractivity contribution in [3.05, 3.63) is 0 Å². The molecule has 0 atom stereocenters. The van der Waals surface area contributed by atoms with Gasteiger partial charge in [-0.05, 0) is 45.7 Å². The van der Waals surface area contributed by atoms with Crippen LogP contribution in [0.3, 0.4) is 0 Å². The van der Waals surface area contributed by atoms with Gasteiger partial charge in [-0.2, -0.15) is 0 Å². The van der Waals surface area contributed by atoms with E-state index >= 15 is 0 Å². The third-order valence-electron chi connectivity index (χ3n) is 4.40. The fraction of sp³-hybridized carbons (Fsp3) is 0.933. The lowest BCUT2D eigenvalue weighted by Crippen LogP contribution is -2.48. The fourth-order valence-electron chi connectivity index (χ4n) is 2.68. The summed E-state index contributed by atoms with van der Waals surface area (Å²) in [4.78, 5) is 16.8. The molecule has 6 heteroatoms. The minimum absolute atomic E-state index is 0. The smallest absolute Gasteiger partial charge is 0.229 e. The molecular weight excluding hydrogens is 309 g/mol. The maximum Gasteiger partial charge on any atom is 0.229 e. The average molecular weight is 342 g/mol. The number of amides is 1. The molecule has 2 N–H and O–H groups in total. The SMILES string of the molecule is CCN(CC)CC1CCN(C(=O)C(C)(C)CN)CC1.Cl.Cl. The van der Waals surface area contributed by atoms with E-state index in [1.54, 1.807) is 0 Å². The van der Waals surface area contributed by atoms with E-state index < -0.39 is 5.41 Å². The molecule has 0 aromatic carbocycles. The highest BCUT2D eigenvalue weighted by Crippen LogP contribution is 2.23. The Hall–Kier alpha value is -0.0300. The molecule has 1 heterocycles. The van der Waals surface area contributed by atoms with Crippen molar-refractivity contribution in [2.24, 2.45) is 17.1 Å². The van der Waals surface area contributed by atoms with E-state index in [1.807, 2.05) is 18.7 Å². The van der Waals surface area contributed by atoms with Crippen LogP contribution in [0.1, 0.15) is 40.5 Å². The van der Waals surface area contributed by atoms with E-state index in [4.69, 9.17) is 5.73 Å². The van der Waals surface area contributed by atoms with Crippen molar-refractivity contribution in [1.29, 1.82) is 0 Å². The number of nitrogens with zero attached hydrogens (tertiary/aromatic N) is 2. The molecule has 0 aromatic rings. The Labute approximate surface area is 142 Å². The number of piperidine rings is 1. The number of carbonyl (C=O) groups excluding carboxylic acids is 1. The summed E-state index contributed by atoms with van der Waals surface area (Å²) < 4.78 is 0. The second kappa shape index (κ2) is 10.7. The summed E-state index contributed by atoms with van der Waals surface area (Å²) in [7, 11) is 0. The Morgan fingerprint density at radius 2 is 1.67 bits per heavy atom. The van der Waals surface area contributed by atoms with Gasteiger partial charge in [-0.25, -0.2) is 0 Å². The Morgan fingerprint density at radius 1 is 1.19 bits per heavy atom. The molecule has 0 aliphatic carbocycles. The minimum atomic E-state index is -0.411. The summed E-state index contributed by atoms with van der Waals surface area (Å²) in [6.45, 7) is 13.9. The molecular formula is C15H33Cl2N3O. The van der Waals surface area contributed by atoms with Gasteiger partial charge in [-0.1, -0.05) is 13.8 Å². The van der Waals surface area contributed by atoms with Gasteiger partial charge in [0.05, 0.1) is 5.41 Å². The number of nitrogens with two attached hydrogens (primary N) is 1. The zero-order chi connectivity index (χ0) is 14.5. The highest BCUT2D eigenvalue weighted by Gasteiger charge is 2.32. The molecule has 0 spiro atoms. The van der Waals surface area contributed by atoms with Gasteiger partial charge in [0.15, 0.2) is 0 Å². The predicted octanol–water partition coefficient (Wildman–Crippen LogP) is 2.40. The van der Waals surface area contributed by atoms with Gasteiger partial charge >= 0.3 is 0 Å². The zero-order valence-electron chi connectivity index (χ0n) is 13.9. The predicted molar refractivity (Wildman–Crippen MR) is 94.4 cm³/mol. The van der Waals surface area contributed by atoms with Crippen LogP contribution in [0.25, 0.3) is 0 Å². The van der Waals surface area contributed by atoms with Crippen molar-refractivity contribution < 1.29 is 4.79 Å². The summed E-state index contributed by atoms with van der Waals surface area (Å²) in [5.74, 6) is 0.959. The molecule has 1 aliphatic heterocycles. The van der Waals surface area contributed by atoms with Crippen molar-refractivity contribution in [3.63, 3.8) is 0 Å². The topological polar surface area (TPSA) is 49.6 Å². The fourth-order valence-corrected chi connectivity index (χ4v) is 2.68. The second-order valence-electron chi connectivity index (χ2n) is 6.31. The molecule has 1 fully saturated rings. The molecule has 0 bridgehead atoms. The molecule has 1 aliphatic rings. The third kappa shape index (κ3) is 6.72. The van der Waals surface area contributed by atoms with Gasteiger partial charge in [0.25, 0.3) is 0 Å². The van der Waals surface area contributed by atoms with Gasteiger partial charge < -0.3 is 15.5 Å². The quantitative estimate of drug-likeness (QED) is 0.806. The third-order valence-corrected chi connectivity index (χ3v) is 4.40. The van der Waals surface area contributed by atoms with Crippen molar-refractivity contribution in [1.82, 2.24) is 9.80 Å². The number of likely N-dealkylation sites (tertiary alicyclic amines) is 1. The van der Waals surface area contributed by atoms with Gasteiger partial charge in [-0.3, -0.25) is 4.79 Å².